The van der Waals surface area contributed by atoms with Crippen molar-refractivity contribution in [2.45, 2.75) is 24.0 Å². The molecule has 0 fully saturated rings. The van der Waals surface area contributed by atoms with Crippen LogP contribution in [-0.2, 0) is 9.84 Å². The molecule has 1 aromatic rings. The first-order chi connectivity index (χ1) is 6.35. The highest BCUT2D eigenvalue weighted by Crippen LogP contribution is 2.25. The topological polar surface area (TPSA) is 80.4 Å². The molecule has 0 aliphatic heterocycles. The van der Waals surface area contributed by atoms with E-state index in [0.29, 0.717) is 0 Å². The van der Waals surface area contributed by atoms with Crippen molar-refractivity contribution in [3.05, 3.63) is 18.2 Å². The number of phenols is 1. The molecule has 0 atom stereocenters. The van der Waals surface area contributed by atoms with Gasteiger partial charge in [-0.3, -0.25) is 0 Å². The predicted octanol–water partition coefficient (Wildman–Crippen LogP) is 1.16. The Hall–Kier alpha value is -1.23. The number of anilines is 1. The zero-order valence-electron chi connectivity index (χ0n) is 8.06. The molecule has 0 aromatic heterocycles. The van der Waals surface area contributed by atoms with E-state index in [-0.39, 0.29) is 16.3 Å². The number of nitrogens with two attached hydrogens (primary N) is 1. The Kier molecular flexibility index (Phi) is 2.71. The van der Waals surface area contributed by atoms with Gasteiger partial charge in [0.15, 0.2) is 9.84 Å². The quantitative estimate of drug-likeness (QED) is 0.573. The molecule has 78 valence electrons. The highest BCUT2D eigenvalue weighted by atomic mass is 32.2. The van der Waals surface area contributed by atoms with Crippen LogP contribution in [0.3, 0.4) is 0 Å². The van der Waals surface area contributed by atoms with Crippen LogP contribution in [0.1, 0.15) is 13.8 Å². The van der Waals surface area contributed by atoms with Crippen LogP contribution in [0.4, 0.5) is 5.69 Å². The van der Waals surface area contributed by atoms with Crippen molar-refractivity contribution >= 4 is 15.5 Å². The second kappa shape index (κ2) is 3.49. The van der Waals surface area contributed by atoms with Gasteiger partial charge in [-0.15, -0.1) is 0 Å². The Bertz CT molecular complexity index is 437. The molecule has 14 heavy (non-hydrogen) atoms. The van der Waals surface area contributed by atoms with E-state index >= 15 is 0 Å². The molecular weight excluding hydrogens is 202 g/mol. The van der Waals surface area contributed by atoms with Crippen LogP contribution in [0.2, 0.25) is 0 Å². The molecule has 4 nitrogen and oxygen atoms in total. The molecule has 0 radical (unpaired) electrons. The third-order valence-corrected chi connectivity index (χ3v) is 4.10. The van der Waals surface area contributed by atoms with Crippen LogP contribution >= 0.6 is 0 Å². The molecule has 1 rings (SSSR count). The summed E-state index contributed by atoms with van der Waals surface area (Å²) in [5.74, 6) is -0.104. The predicted molar refractivity (Wildman–Crippen MR) is 54.8 cm³/mol. The molecule has 0 aliphatic rings. The second-order valence-corrected chi connectivity index (χ2v) is 5.82. The number of aromatic hydroxyl groups is 1. The first-order valence-corrected chi connectivity index (χ1v) is 5.72. The van der Waals surface area contributed by atoms with Crippen LogP contribution < -0.4 is 5.73 Å². The van der Waals surface area contributed by atoms with Crippen molar-refractivity contribution in [1.82, 2.24) is 0 Å². The molecule has 0 heterocycles. The summed E-state index contributed by atoms with van der Waals surface area (Å²) < 4.78 is 23.3. The summed E-state index contributed by atoms with van der Waals surface area (Å²) in [5, 5.41) is 8.63. The van der Waals surface area contributed by atoms with E-state index in [1.165, 1.54) is 18.2 Å². The van der Waals surface area contributed by atoms with Crippen molar-refractivity contribution in [1.29, 1.82) is 0 Å². The van der Waals surface area contributed by atoms with Gasteiger partial charge in [-0.25, -0.2) is 8.42 Å². The zero-order chi connectivity index (χ0) is 10.9. The Morgan fingerprint density at radius 2 is 1.93 bits per heavy atom. The van der Waals surface area contributed by atoms with Crippen LogP contribution in [0.25, 0.3) is 0 Å². The van der Waals surface area contributed by atoms with Gasteiger partial charge in [0.2, 0.25) is 0 Å². The fourth-order valence-electron chi connectivity index (χ4n) is 0.982. The van der Waals surface area contributed by atoms with Crippen molar-refractivity contribution in [3.8, 4) is 5.75 Å². The second-order valence-electron chi connectivity index (χ2n) is 3.31. The summed E-state index contributed by atoms with van der Waals surface area (Å²) in [7, 11) is -3.31. The minimum atomic E-state index is -3.31. The lowest BCUT2D eigenvalue weighted by molar-refractivity contribution is 0.477. The smallest absolute Gasteiger partial charge is 0.180 e. The standard InChI is InChI=1S/C9H13NO3S/c1-6(2)14(12,13)7-3-4-9(11)8(10)5-7/h3-6,11H,10H2,1-2H3. The maximum Gasteiger partial charge on any atom is 0.180 e. The summed E-state index contributed by atoms with van der Waals surface area (Å²) in [5.41, 5.74) is 5.48. The van der Waals surface area contributed by atoms with Crippen molar-refractivity contribution in [2.24, 2.45) is 0 Å². The summed E-state index contributed by atoms with van der Waals surface area (Å²) in [4.78, 5) is 0.141. The van der Waals surface area contributed by atoms with Gasteiger partial charge < -0.3 is 10.8 Å². The maximum absolute atomic E-state index is 11.7. The summed E-state index contributed by atoms with van der Waals surface area (Å²) in [6.45, 7) is 3.19. The molecule has 0 bridgehead atoms. The molecule has 0 aliphatic carbocycles. The van der Waals surface area contributed by atoms with Crippen molar-refractivity contribution in [3.63, 3.8) is 0 Å². The van der Waals surface area contributed by atoms with Crippen LogP contribution in [0.5, 0.6) is 5.75 Å². The van der Waals surface area contributed by atoms with Gasteiger partial charge in [0.1, 0.15) is 5.75 Å². The van der Waals surface area contributed by atoms with Gasteiger partial charge in [0.05, 0.1) is 15.8 Å². The number of hydrogen-bond acceptors (Lipinski definition) is 4. The minimum Gasteiger partial charge on any atom is -0.506 e. The molecule has 3 N–H and O–H groups in total. The molecule has 0 unspecified atom stereocenters. The number of phenolic OH excluding ortho intramolecular Hbond substituents is 1. The van der Waals surface area contributed by atoms with Crippen LogP contribution in [0.15, 0.2) is 23.1 Å². The lowest BCUT2D eigenvalue weighted by Crippen LogP contribution is -2.14. The highest BCUT2D eigenvalue weighted by molar-refractivity contribution is 7.92. The molecule has 0 amide bonds. The van der Waals surface area contributed by atoms with E-state index < -0.39 is 15.1 Å². The number of hydrogen-bond donors (Lipinski definition) is 2. The molecule has 5 heteroatoms. The number of nitrogen functional groups attached to an aromatic ring is 1. The molecule has 0 saturated heterocycles. The SMILES string of the molecule is CC(C)S(=O)(=O)c1ccc(O)c(N)c1. The fourth-order valence-corrected chi connectivity index (χ4v) is 2.08. The number of sulfone groups is 1. The average Bonchev–Trinajstić information content (AvgIpc) is 2.09. The molecular formula is C9H13NO3S. The van der Waals surface area contributed by atoms with Crippen molar-refractivity contribution < 1.29 is 13.5 Å². The third kappa shape index (κ3) is 1.82. The minimum absolute atomic E-state index is 0.0757. The van der Waals surface area contributed by atoms with Crippen LogP contribution in [0, 0.1) is 0 Å². The fraction of sp³-hybridized carbons (Fsp3) is 0.333. The van der Waals surface area contributed by atoms with Gasteiger partial charge in [-0.1, -0.05) is 0 Å². The number of rotatable bonds is 2. The Labute approximate surface area is 83.3 Å². The normalized spacial score (nSPS) is 11.9. The van der Waals surface area contributed by atoms with Gasteiger partial charge in [0.25, 0.3) is 0 Å². The van der Waals surface area contributed by atoms with Gasteiger partial charge in [0, 0.05) is 0 Å². The van der Waals surface area contributed by atoms with E-state index in [1.54, 1.807) is 13.8 Å². The largest absolute Gasteiger partial charge is 0.506 e. The van der Waals surface area contributed by atoms with E-state index in [1.807, 2.05) is 0 Å². The Morgan fingerprint density at radius 3 is 2.36 bits per heavy atom. The monoisotopic (exact) mass is 215 g/mol. The van der Waals surface area contributed by atoms with E-state index in [2.05, 4.69) is 0 Å². The first kappa shape index (κ1) is 10.8. The van der Waals surface area contributed by atoms with Gasteiger partial charge in [-0.2, -0.15) is 0 Å². The highest BCUT2D eigenvalue weighted by Gasteiger charge is 2.19. The molecule has 1 aromatic carbocycles. The summed E-state index contributed by atoms with van der Waals surface area (Å²) >= 11 is 0. The number of benzene rings is 1. The summed E-state index contributed by atoms with van der Waals surface area (Å²) in [6, 6.07) is 3.90. The Balaban J connectivity index is 3.29. The molecule has 0 spiro atoms. The van der Waals surface area contributed by atoms with Gasteiger partial charge >= 0.3 is 0 Å². The zero-order valence-corrected chi connectivity index (χ0v) is 8.88. The Morgan fingerprint density at radius 1 is 1.36 bits per heavy atom. The molecule has 0 saturated carbocycles. The lowest BCUT2D eigenvalue weighted by atomic mass is 10.3. The average molecular weight is 215 g/mol. The lowest BCUT2D eigenvalue weighted by Gasteiger charge is -2.08. The van der Waals surface area contributed by atoms with E-state index in [9.17, 15) is 8.42 Å². The third-order valence-electron chi connectivity index (χ3n) is 1.95. The maximum atomic E-state index is 11.7. The van der Waals surface area contributed by atoms with Crippen molar-refractivity contribution in [2.75, 3.05) is 5.73 Å². The van der Waals surface area contributed by atoms with E-state index in [0.717, 1.165) is 0 Å². The summed E-state index contributed by atoms with van der Waals surface area (Å²) in [6.07, 6.45) is 0. The van der Waals surface area contributed by atoms with Gasteiger partial charge in [-0.05, 0) is 32.0 Å². The van der Waals surface area contributed by atoms with E-state index in [4.69, 9.17) is 10.8 Å². The van der Waals surface area contributed by atoms with Crippen LogP contribution in [-0.4, -0.2) is 18.8 Å². The first-order valence-electron chi connectivity index (χ1n) is 4.18.